The first-order valence-corrected chi connectivity index (χ1v) is 9.91. The molecule has 0 saturated heterocycles. The fourth-order valence-electron chi connectivity index (χ4n) is 3.01. The van der Waals surface area contributed by atoms with Gasteiger partial charge in [-0.05, 0) is 59.0 Å². The Balaban J connectivity index is 2.33. The van der Waals surface area contributed by atoms with Crippen LogP contribution in [0.2, 0.25) is 0 Å². The second-order valence-corrected chi connectivity index (χ2v) is 7.66. The van der Waals surface area contributed by atoms with Crippen molar-refractivity contribution in [2.75, 3.05) is 0 Å². The summed E-state index contributed by atoms with van der Waals surface area (Å²) in [6, 6.07) is 11.1. The zero-order chi connectivity index (χ0) is 20.3. The van der Waals surface area contributed by atoms with Crippen LogP contribution < -0.4 is 0 Å². The van der Waals surface area contributed by atoms with Crippen LogP contribution in [0.25, 0.3) is 5.57 Å². The van der Waals surface area contributed by atoms with E-state index in [2.05, 4.69) is 6.58 Å². The number of phenolic OH excluding ortho intramolecular Hbond substituents is 1. The number of allylic oxidation sites excluding steroid dienone is 6. The minimum Gasteiger partial charge on any atom is -0.508 e. The molecule has 0 unspecified atom stereocenters. The largest absolute Gasteiger partial charge is 0.508 e. The molecule has 0 bridgehead atoms. The number of phenols is 1. The fraction of sp³-hybridized carbons (Fsp3) is 0.0455. The Morgan fingerprint density at radius 1 is 1.04 bits per heavy atom. The van der Waals surface area contributed by atoms with Crippen LogP contribution in [-0.2, 0) is 16.5 Å². The number of aromatic hydroxyl groups is 1. The molecule has 6 heteroatoms. The van der Waals surface area contributed by atoms with Crippen LogP contribution in [0.5, 0.6) is 5.75 Å². The first kappa shape index (κ1) is 19.5. The van der Waals surface area contributed by atoms with Crippen molar-refractivity contribution in [3.63, 3.8) is 0 Å². The molecule has 0 spiro atoms. The lowest BCUT2D eigenvalue weighted by Crippen LogP contribution is -2.06. The molecular weight excluding hydrogens is 376 g/mol. The topological polar surface area (TPSA) is 96.0 Å². The SMILES string of the molecule is C=CCc1ccc(C(=C2C=CC(=[OH+])C=C2)c2ccc(O)cc2)c(S(=O)(=O)O)c1. The standard InChI is InChI=1S/C22H18O5S/c1-2-3-15-4-13-20(21(14-15)28(25,26)27)22(16-5-9-18(23)10-6-16)17-7-11-19(24)12-8-17/h2,4-14,23H,1,3H2,(H,25,26,27)/p+1. The van der Waals surface area contributed by atoms with Crippen molar-refractivity contribution >= 4 is 21.5 Å². The molecule has 0 saturated carbocycles. The molecule has 5 nitrogen and oxygen atoms in total. The summed E-state index contributed by atoms with van der Waals surface area (Å²) in [6.07, 6.45) is 8.40. The van der Waals surface area contributed by atoms with Crippen molar-refractivity contribution < 1.29 is 22.9 Å². The summed E-state index contributed by atoms with van der Waals surface area (Å²) in [7, 11) is -4.51. The lowest BCUT2D eigenvalue weighted by atomic mass is 9.90. The third-order valence-electron chi connectivity index (χ3n) is 4.29. The lowest BCUT2D eigenvalue weighted by molar-refractivity contribution is 0.475. The van der Waals surface area contributed by atoms with Crippen LogP contribution >= 0.6 is 0 Å². The van der Waals surface area contributed by atoms with Crippen molar-refractivity contribution in [3.05, 3.63) is 102 Å². The molecule has 0 radical (unpaired) electrons. The third-order valence-corrected chi connectivity index (χ3v) is 5.18. The first-order chi connectivity index (χ1) is 13.3. The van der Waals surface area contributed by atoms with Gasteiger partial charge in [-0.3, -0.25) is 9.35 Å². The van der Waals surface area contributed by atoms with Gasteiger partial charge >= 0.3 is 5.78 Å². The zero-order valence-electron chi connectivity index (χ0n) is 14.9. The Hall–Kier alpha value is -3.22. The minimum absolute atomic E-state index is 0.0742. The van der Waals surface area contributed by atoms with Gasteiger partial charge in [-0.15, -0.1) is 6.58 Å². The average molecular weight is 395 g/mol. The molecule has 0 aliphatic heterocycles. The summed E-state index contributed by atoms with van der Waals surface area (Å²) in [5.74, 6) is 0.148. The molecule has 2 aromatic rings. The molecule has 1 aliphatic rings. The van der Waals surface area contributed by atoms with E-state index in [1.165, 1.54) is 30.4 Å². The van der Waals surface area contributed by atoms with Gasteiger partial charge < -0.3 is 5.11 Å². The molecule has 0 heterocycles. The molecule has 2 aromatic carbocycles. The van der Waals surface area contributed by atoms with Crippen molar-refractivity contribution in [2.24, 2.45) is 0 Å². The number of benzene rings is 2. The highest BCUT2D eigenvalue weighted by Crippen LogP contribution is 2.34. The summed E-state index contributed by atoms with van der Waals surface area (Å²) in [4.78, 5) is 9.39. The number of carbonyl (C=O) groups excluding carboxylic acids is 1. The number of hydrogen-bond acceptors (Lipinski definition) is 3. The van der Waals surface area contributed by atoms with Crippen molar-refractivity contribution in [1.82, 2.24) is 0 Å². The summed E-state index contributed by atoms with van der Waals surface area (Å²) in [5, 5.41) is 9.61. The highest BCUT2D eigenvalue weighted by molar-refractivity contribution is 7.86. The van der Waals surface area contributed by atoms with Crippen molar-refractivity contribution in [1.29, 1.82) is 0 Å². The smallest absolute Gasteiger partial charge is 0.340 e. The predicted octanol–water partition coefficient (Wildman–Crippen LogP) is 3.84. The van der Waals surface area contributed by atoms with Crippen LogP contribution in [0.3, 0.4) is 0 Å². The first-order valence-electron chi connectivity index (χ1n) is 8.47. The van der Waals surface area contributed by atoms with E-state index in [-0.39, 0.29) is 16.4 Å². The van der Waals surface area contributed by atoms with Crippen LogP contribution in [-0.4, -0.2) is 28.7 Å². The van der Waals surface area contributed by atoms with Gasteiger partial charge in [-0.25, -0.2) is 0 Å². The van der Waals surface area contributed by atoms with Gasteiger partial charge in [0.15, 0.2) is 0 Å². The Morgan fingerprint density at radius 3 is 2.25 bits per heavy atom. The maximum absolute atomic E-state index is 12.1. The quantitative estimate of drug-likeness (QED) is 0.457. The van der Waals surface area contributed by atoms with E-state index in [4.69, 9.17) is 0 Å². The van der Waals surface area contributed by atoms with E-state index in [9.17, 15) is 22.9 Å². The lowest BCUT2D eigenvalue weighted by Gasteiger charge is -2.16. The zero-order valence-corrected chi connectivity index (χ0v) is 15.7. The van der Waals surface area contributed by atoms with Gasteiger partial charge in [0.05, 0.1) is 0 Å². The Labute approximate surface area is 163 Å². The Bertz CT molecular complexity index is 1120. The van der Waals surface area contributed by atoms with Crippen LogP contribution in [0.1, 0.15) is 16.7 Å². The predicted molar refractivity (Wildman–Crippen MR) is 110 cm³/mol. The number of ketones is 1. The fourth-order valence-corrected chi connectivity index (χ4v) is 3.76. The highest BCUT2D eigenvalue weighted by atomic mass is 32.2. The molecule has 3 rings (SSSR count). The number of hydrogen-bond donors (Lipinski definition) is 2. The van der Waals surface area contributed by atoms with Crippen LogP contribution in [0.15, 0.2) is 89.9 Å². The Morgan fingerprint density at radius 2 is 1.68 bits per heavy atom. The van der Waals surface area contributed by atoms with E-state index in [1.807, 2.05) is 0 Å². The van der Waals surface area contributed by atoms with Gasteiger partial charge in [0.1, 0.15) is 10.6 Å². The van der Waals surface area contributed by atoms with E-state index < -0.39 is 10.1 Å². The maximum Gasteiger partial charge on any atom is 0.340 e. The second kappa shape index (κ2) is 7.80. The summed E-state index contributed by atoms with van der Waals surface area (Å²) in [5.41, 5.74) is 2.83. The molecule has 0 fully saturated rings. The van der Waals surface area contributed by atoms with Gasteiger partial charge in [0.2, 0.25) is 0 Å². The average Bonchev–Trinajstić information content (AvgIpc) is 2.65. The molecule has 0 amide bonds. The van der Waals surface area contributed by atoms with Crippen molar-refractivity contribution in [2.45, 2.75) is 11.3 Å². The van der Waals surface area contributed by atoms with E-state index in [1.54, 1.807) is 42.5 Å². The third kappa shape index (κ3) is 4.19. The summed E-state index contributed by atoms with van der Waals surface area (Å²) in [6.45, 7) is 3.65. The Kier molecular flexibility index (Phi) is 5.44. The van der Waals surface area contributed by atoms with Crippen LogP contribution in [0, 0.1) is 0 Å². The number of rotatable bonds is 5. The maximum atomic E-state index is 12.1. The molecule has 1 aliphatic carbocycles. The van der Waals surface area contributed by atoms with Crippen LogP contribution in [0.4, 0.5) is 0 Å². The second-order valence-electron chi connectivity index (χ2n) is 6.27. The molecule has 3 N–H and O–H groups in total. The summed E-state index contributed by atoms with van der Waals surface area (Å²) >= 11 is 0. The van der Waals surface area contributed by atoms with Gasteiger partial charge in [0, 0.05) is 17.7 Å². The molecule has 28 heavy (non-hydrogen) atoms. The highest BCUT2D eigenvalue weighted by Gasteiger charge is 2.22. The van der Waals surface area contributed by atoms with Crippen molar-refractivity contribution in [3.8, 4) is 5.75 Å². The molecular formula is C22H19O5S+. The molecule has 142 valence electrons. The minimum atomic E-state index is -4.51. The normalized spacial score (nSPS) is 13.6. The summed E-state index contributed by atoms with van der Waals surface area (Å²) < 4.78 is 34.1. The van der Waals surface area contributed by atoms with E-state index in [0.717, 1.165) is 0 Å². The molecule has 0 aromatic heterocycles. The molecule has 0 atom stereocenters. The van der Waals surface area contributed by atoms with Gasteiger partial charge in [-0.1, -0.05) is 30.3 Å². The van der Waals surface area contributed by atoms with Gasteiger partial charge in [-0.2, -0.15) is 8.42 Å². The van der Waals surface area contributed by atoms with Gasteiger partial charge in [0.25, 0.3) is 10.1 Å². The van der Waals surface area contributed by atoms with E-state index in [0.29, 0.717) is 34.3 Å². The monoisotopic (exact) mass is 395 g/mol. The van der Waals surface area contributed by atoms with E-state index >= 15 is 0 Å².